The molecule has 0 spiro atoms. The van der Waals surface area contributed by atoms with Crippen LogP contribution in [0.5, 0.6) is 5.75 Å². The molecule has 3 rings (SSSR count). The van der Waals surface area contributed by atoms with E-state index < -0.39 is 0 Å². The van der Waals surface area contributed by atoms with E-state index in [2.05, 4.69) is 19.8 Å². The molecule has 0 saturated carbocycles. The van der Waals surface area contributed by atoms with Crippen molar-refractivity contribution in [2.45, 2.75) is 6.54 Å². The summed E-state index contributed by atoms with van der Waals surface area (Å²) in [4.78, 5) is 13.2. The molecule has 2 heterocycles. The molecule has 1 aromatic carbocycles. The lowest BCUT2D eigenvalue weighted by Crippen LogP contribution is -2.51. The number of guanidine groups is 1. The predicted molar refractivity (Wildman–Crippen MR) is 101 cm³/mol. The summed E-state index contributed by atoms with van der Waals surface area (Å²) in [7, 11) is 1.63. The van der Waals surface area contributed by atoms with Crippen molar-refractivity contribution in [1.82, 2.24) is 9.88 Å². The molecular formula is C18H22ClN5O. The molecule has 2 N–H and O–H groups in total. The zero-order valence-electron chi connectivity index (χ0n) is 14.2. The van der Waals surface area contributed by atoms with Gasteiger partial charge in [0.05, 0.1) is 13.7 Å². The number of benzene rings is 1. The lowest BCUT2D eigenvalue weighted by atomic mass is 10.2. The maximum atomic E-state index is 6.16. The van der Waals surface area contributed by atoms with Crippen LogP contribution < -0.4 is 15.4 Å². The Morgan fingerprint density at radius 2 is 1.92 bits per heavy atom. The summed E-state index contributed by atoms with van der Waals surface area (Å²) in [6.07, 6.45) is 1.73. The molecule has 132 valence electrons. The fourth-order valence-corrected chi connectivity index (χ4v) is 2.96. The van der Waals surface area contributed by atoms with E-state index in [0.29, 0.717) is 12.5 Å². The average molecular weight is 360 g/mol. The number of rotatable bonds is 4. The Balaban J connectivity index is 1.57. The summed E-state index contributed by atoms with van der Waals surface area (Å²) in [5.74, 6) is 1.27. The van der Waals surface area contributed by atoms with Crippen molar-refractivity contribution in [3.63, 3.8) is 0 Å². The van der Waals surface area contributed by atoms with Gasteiger partial charge in [0.25, 0.3) is 0 Å². The van der Waals surface area contributed by atoms with Gasteiger partial charge in [-0.15, -0.1) is 0 Å². The topological polar surface area (TPSA) is 67.0 Å². The number of aromatic nitrogens is 1. The Hall–Kier alpha value is -2.47. The summed E-state index contributed by atoms with van der Waals surface area (Å²) in [6.45, 7) is 3.86. The molecular weight excluding hydrogens is 338 g/mol. The highest BCUT2D eigenvalue weighted by molar-refractivity contribution is 6.30. The Morgan fingerprint density at radius 3 is 2.60 bits per heavy atom. The number of aliphatic imine (C=N–C) groups is 1. The number of pyridine rings is 1. The minimum Gasteiger partial charge on any atom is -0.495 e. The smallest absolute Gasteiger partial charge is 0.191 e. The molecule has 25 heavy (non-hydrogen) atoms. The summed E-state index contributed by atoms with van der Waals surface area (Å²) >= 11 is 5.95. The molecule has 1 aromatic heterocycles. The van der Waals surface area contributed by atoms with Gasteiger partial charge >= 0.3 is 0 Å². The molecule has 0 atom stereocenters. The predicted octanol–water partition coefficient (Wildman–Crippen LogP) is 2.38. The largest absolute Gasteiger partial charge is 0.495 e. The first kappa shape index (κ1) is 17.4. The molecule has 0 bridgehead atoms. The van der Waals surface area contributed by atoms with E-state index in [1.54, 1.807) is 13.3 Å². The maximum Gasteiger partial charge on any atom is 0.191 e. The summed E-state index contributed by atoms with van der Waals surface area (Å²) in [5.41, 5.74) is 8.13. The molecule has 1 fully saturated rings. The normalized spacial score (nSPS) is 15.4. The van der Waals surface area contributed by atoms with E-state index in [1.807, 2.05) is 36.4 Å². The summed E-state index contributed by atoms with van der Waals surface area (Å²) in [5, 5.41) is 0.753. The second-order valence-electron chi connectivity index (χ2n) is 5.78. The second-order valence-corrected chi connectivity index (χ2v) is 6.21. The number of anilines is 1. The fourth-order valence-electron chi connectivity index (χ4n) is 2.83. The van der Waals surface area contributed by atoms with Crippen LogP contribution in [0.4, 0.5) is 5.69 Å². The molecule has 1 aliphatic rings. The number of methoxy groups -OCH3 is 1. The highest BCUT2D eigenvalue weighted by Crippen LogP contribution is 2.19. The number of hydrogen-bond acceptors (Lipinski definition) is 4. The van der Waals surface area contributed by atoms with Gasteiger partial charge in [-0.2, -0.15) is 0 Å². The highest BCUT2D eigenvalue weighted by Gasteiger charge is 2.18. The van der Waals surface area contributed by atoms with E-state index in [4.69, 9.17) is 22.1 Å². The molecule has 0 aliphatic carbocycles. The van der Waals surface area contributed by atoms with Gasteiger partial charge in [-0.25, -0.2) is 4.99 Å². The molecule has 2 aromatic rings. The number of ether oxygens (including phenoxy) is 1. The van der Waals surface area contributed by atoms with Crippen LogP contribution in [0.2, 0.25) is 5.02 Å². The van der Waals surface area contributed by atoms with Gasteiger partial charge in [-0.3, -0.25) is 4.98 Å². The lowest BCUT2D eigenvalue weighted by molar-refractivity contribution is 0.380. The van der Waals surface area contributed by atoms with Crippen molar-refractivity contribution >= 4 is 23.2 Å². The molecule has 1 aliphatic heterocycles. The van der Waals surface area contributed by atoms with Gasteiger partial charge < -0.3 is 20.3 Å². The molecule has 7 heteroatoms. The fraction of sp³-hybridized carbons (Fsp3) is 0.333. The zero-order chi connectivity index (χ0) is 17.6. The van der Waals surface area contributed by atoms with Gasteiger partial charge in [0.1, 0.15) is 11.4 Å². The van der Waals surface area contributed by atoms with E-state index in [0.717, 1.165) is 42.6 Å². The first-order valence-electron chi connectivity index (χ1n) is 8.20. The van der Waals surface area contributed by atoms with E-state index in [9.17, 15) is 0 Å². The van der Waals surface area contributed by atoms with Crippen molar-refractivity contribution in [2.75, 3.05) is 38.2 Å². The number of halogens is 1. The van der Waals surface area contributed by atoms with Crippen LogP contribution in [-0.4, -0.2) is 49.1 Å². The van der Waals surface area contributed by atoms with Gasteiger partial charge in [-0.05, 0) is 36.4 Å². The third-order valence-corrected chi connectivity index (χ3v) is 4.51. The highest BCUT2D eigenvalue weighted by atomic mass is 35.5. The average Bonchev–Trinajstić information content (AvgIpc) is 2.67. The first-order chi connectivity index (χ1) is 12.2. The maximum absolute atomic E-state index is 6.16. The number of piperazine rings is 1. The van der Waals surface area contributed by atoms with E-state index >= 15 is 0 Å². The van der Waals surface area contributed by atoms with Gasteiger partial charge in [-0.1, -0.05) is 11.6 Å². The van der Waals surface area contributed by atoms with Gasteiger partial charge in [0, 0.05) is 43.1 Å². The number of nitrogens with zero attached hydrogens (tertiary/aromatic N) is 4. The number of hydrogen-bond donors (Lipinski definition) is 1. The quantitative estimate of drug-likeness (QED) is 0.670. The van der Waals surface area contributed by atoms with Crippen molar-refractivity contribution in [3.8, 4) is 5.75 Å². The van der Waals surface area contributed by atoms with Crippen LogP contribution in [-0.2, 0) is 6.54 Å². The van der Waals surface area contributed by atoms with Crippen LogP contribution in [0.15, 0.2) is 47.6 Å². The van der Waals surface area contributed by atoms with E-state index in [1.165, 1.54) is 5.69 Å². The summed E-state index contributed by atoms with van der Waals surface area (Å²) < 4.78 is 5.29. The Kier molecular flexibility index (Phi) is 5.60. The third kappa shape index (κ3) is 4.33. The minimum absolute atomic E-state index is 0.410. The zero-order valence-corrected chi connectivity index (χ0v) is 15.0. The van der Waals surface area contributed by atoms with Crippen molar-refractivity contribution in [2.24, 2.45) is 10.7 Å². The van der Waals surface area contributed by atoms with E-state index in [-0.39, 0.29) is 0 Å². The van der Waals surface area contributed by atoms with Crippen molar-refractivity contribution in [1.29, 1.82) is 0 Å². The van der Waals surface area contributed by atoms with Crippen LogP contribution in [0, 0.1) is 0 Å². The number of nitrogens with two attached hydrogens (primary N) is 1. The summed E-state index contributed by atoms with van der Waals surface area (Å²) in [6, 6.07) is 11.6. The minimum atomic E-state index is 0.410. The Labute approximate surface area is 152 Å². The Morgan fingerprint density at radius 1 is 1.20 bits per heavy atom. The molecule has 6 nitrogen and oxygen atoms in total. The van der Waals surface area contributed by atoms with Crippen LogP contribution in [0.1, 0.15) is 5.69 Å². The lowest BCUT2D eigenvalue weighted by Gasteiger charge is -2.36. The van der Waals surface area contributed by atoms with Crippen LogP contribution in [0.25, 0.3) is 0 Å². The molecule has 0 amide bonds. The SMILES string of the molecule is COc1cccnc1CN=C(N)N1CCN(c2ccc(Cl)cc2)CC1. The molecule has 0 radical (unpaired) electrons. The molecule has 1 saturated heterocycles. The van der Waals surface area contributed by atoms with Gasteiger partial charge in [0.15, 0.2) is 5.96 Å². The molecule has 0 unspecified atom stereocenters. The standard InChI is InChI=1S/C18H22ClN5O/c1-25-17-3-2-8-21-16(17)13-22-18(20)24-11-9-23(10-12-24)15-6-4-14(19)5-7-15/h2-8H,9-13H2,1H3,(H2,20,22). The Bertz CT molecular complexity index is 727. The van der Waals surface area contributed by atoms with Crippen LogP contribution in [0.3, 0.4) is 0 Å². The van der Waals surface area contributed by atoms with Crippen molar-refractivity contribution < 1.29 is 4.74 Å². The van der Waals surface area contributed by atoms with Crippen LogP contribution >= 0.6 is 11.6 Å². The van der Waals surface area contributed by atoms with Crippen molar-refractivity contribution in [3.05, 3.63) is 53.3 Å². The second kappa shape index (κ2) is 8.07. The monoisotopic (exact) mass is 359 g/mol. The van der Waals surface area contributed by atoms with Gasteiger partial charge in [0.2, 0.25) is 0 Å². The first-order valence-corrected chi connectivity index (χ1v) is 8.58. The third-order valence-electron chi connectivity index (χ3n) is 4.25.